The molecule has 5 nitrogen and oxygen atoms in total. The Morgan fingerprint density at radius 3 is 2.36 bits per heavy atom. The molecule has 0 spiro atoms. The number of allylic oxidation sites excluding steroid dienone is 1. The fraction of sp³-hybridized carbons (Fsp3) is 0.222. The van der Waals surface area contributed by atoms with Crippen molar-refractivity contribution >= 4 is 21.7 Å². The molecule has 2 aliphatic rings. The highest BCUT2D eigenvalue weighted by molar-refractivity contribution is 7.89. The van der Waals surface area contributed by atoms with Crippen LogP contribution in [0.4, 0.5) is 0 Å². The third-order valence-electron chi connectivity index (χ3n) is 6.51. The van der Waals surface area contributed by atoms with Crippen molar-refractivity contribution in [2.24, 2.45) is 0 Å². The van der Waals surface area contributed by atoms with E-state index in [0.29, 0.717) is 17.0 Å². The molecule has 0 saturated carbocycles. The highest BCUT2D eigenvalue weighted by Crippen LogP contribution is 2.51. The van der Waals surface area contributed by atoms with Crippen molar-refractivity contribution in [2.75, 3.05) is 13.7 Å². The van der Waals surface area contributed by atoms with Gasteiger partial charge in [0.1, 0.15) is 0 Å². The molecule has 0 saturated heterocycles. The molecule has 0 aromatic heterocycles. The van der Waals surface area contributed by atoms with Gasteiger partial charge < -0.3 is 4.74 Å². The van der Waals surface area contributed by atoms with Gasteiger partial charge in [0.25, 0.3) is 10.0 Å². The maximum atomic E-state index is 13.7. The van der Waals surface area contributed by atoms with E-state index in [0.717, 1.165) is 46.4 Å². The van der Waals surface area contributed by atoms with Gasteiger partial charge in [-0.3, -0.25) is 4.31 Å². The number of carbonyl (C=O) groups excluding carboxylic acids is 1. The lowest BCUT2D eigenvalue weighted by Gasteiger charge is -2.32. The van der Waals surface area contributed by atoms with Crippen molar-refractivity contribution in [1.82, 2.24) is 4.31 Å². The highest BCUT2D eigenvalue weighted by atomic mass is 32.2. The number of hydrogen-bond acceptors (Lipinski definition) is 4. The third kappa shape index (κ3) is 3.55. The number of esters is 1. The fourth-order valence-corrected chi connectivity index (χ4v) is 6.49. The van der Waals surface area contributed by atoms with E-state index < -0.39 is 10.0 Å². The quantitative estimate of drug-likeness (QED) is 0.508. The van der Waals surface area contributed by atoms with Crippen LogP contribution in [0.25, 0.3) is 5.70 Å². The zero-order chi connectivity index (χ0) is 23.2. The summed E-state index contributed by atoms with van der Waals surface area (Å²) in [6.07, 6.45) is 1.59. The zero-order valence-electron chi connectivity index (χ0n) is 18.6. The Hall–Kier alpha value is -3.38. The molecule has 3 aromatic carbocycles. The van der Waals surface area contributed by atoms with Crippen LogP contribution in [0.1, 0.15) is 51.4 Å². The number of sulfonamides is 1. The second-order valence-corrected chi connectivity index (χ2v) is 10.4. The first-order chi connectivity index (χ1) is 15.9. The van der Waals surface area contributed by atoms with Gasteiger partial charge in [0.15, 0.2) is 0 Å². The van der Waals surface area contributed by atoms with Crippen LogP contribution in [0.15, 0.2) is 83.3 Å². The minimum Gasteiger partial charge on any atom is -0.465 e. The van der Waals surface area contributed by atoms with Gasteiger partial charge in [-0.05, 0) is 60.7 Å². The normalized spacial score (nSPS) is 17.5. The van der Waals surface area contributed by atoms with Gasteiger partial charge in [0.2, 0.25) is 0 Å². The highest BCUT2D eigenvalue weighted by Gasteiger charge is 2.40. The smallest absolute Gasteiger partial charge is 0.337 e. The second kappa shape index (κ2) is 8.19. The van der Waals surface area contributed by atoms with Crippen LogP contribution in [-0.4, -0.2) is 32.3 Å². The molecule has 0 bridgehead atoms. The number of nitrogens with zero attached hydrogens (tertiary/aromatic N) is 1. The van der Waals surface area contributed by atoms with Crippen LogP contribution in [0.5, 0.6) is 0 Å². The first-order valence-corrected chi connectivity index (χ1v) is 12.5. The molecule has 6 heteroatoms. The molecule has 168 valence electrons. The Labute approximate surface area is 194 Å². The van der Waals surface area contributed by atoms with Crippen molar-refractivity contribution in [2.45, 2.75) is 30.6 Å². The number of fused-ring (bicyclic) bond motifs is 2. The van der Waals surface area contributed by atoms with E-state index in [1.807, 2.05) is 49.4 Å². The molecule has 1 unspecified atom stereocenters. The molecular weight excluding hydrogens is 434 g/mol. The van der Waals surface area contributed by atoms with Gasteiger partial charge in [-0.2, -0.15) is 0 Å². The monoisotopic (exact) mass is 459 g/mol. The van der Waals surface area contributed by atoms with E-state index >= 15 is 0 Å². The molecule has 1 aliphatic heterocycles. The van der Waals surface area contributed by atoms with Crippen LogP contribution in [-0.2, 0) is 14.8 Å². The summed E-state index contributed by atoms with van der Waals surface area (Å²) in [5, 5.41) is 0. The van der Waals surface area contributed by atoms with Crippen LogP contribution in [0.2, 0.25) is 0 Å². The van der Waals surface area contributed by atoms with Crippen molar-refractivity contribution in [3.05, 3.63) is 106 Å². The number of aryl methyl sites for hydroxylation is 1. The molecule has 0 fully saturated rings. The number of methoxy groups -OCH3 is 1. The summed E-state index contributed by atoms with van der Waals surface area (Å²) >= 11 is 0. The first-order valence-electron chi connectivity index (χ1n) is 11.0. The standard InChI is InChI=1S/C27H25NO4S/c1-18-9-15-21(16-10-18)33(30,31)28-17-5-8-24-25(22-6-3-4-7-23(22)26(24)28)19-11-13-20(14-12-19)27(29)32-2/h3-4,6-7,9-16,25H,5,8,17H2,1-2H3. The first kappa shape index (κ1) is 21.5. The summed E-state index contributed by atoms with van der Waals surface area (Å²) in [5.41, 5.74) is 6.53. The average molecular weight is 460 g/mol. The van der Waals surface area contributed by atoms with Crippen molar-refractivity contribution in [3.8, 4) is 0 Å². The van der Waals surface area contributed by atoms with Crippen molar-refractivity contribution in [1.29, 1.82) is 0 Å². The predicted octanol–water partition coefficient (Wildman–Crippen LogP) is 5.12. The van der Waals surface area contributed by atoms with Crippen molar-refractivity contribution < 1.29 is 17.9 Å². The number of ether oxygens (including phenoxy) is 1. The fourth-order valence-electron chi connectivity index (χ4n) is 4.93. The van der Waals surface area contributed by atoms with Gasteiger partial charge in [-0.25, -0.2) is 13.2 Å². The van der Waals surface area contributed by atoms with E-state index in [-0.39, 0.29) is 11.9 Å². The Kier molecular flexibility index (Phi) is 5.33. The van der Waals surface area contributed by atoms with E-state index in [9.17, 15) is 13.2 Å². The molecule has 1 aliphatic carbocycles. The van der Waals surface area contributed by atoms with Gasteiger partial charge in [-0.15, -0.1) is 0 Å². The number of rotatable bonds is 4. The van der Waals surface area contributed by atoms with Crippen LogP contribution >= 0.6 is 0 Å². The number of carbonyl (C=O) groups is 1. The second-order valence-electron chi connectivity index (χ2n) is 8.50. The van der Waals surface area contributed by atoms with Crippen LogP contribution in [0.3, 0.4) is 0 Å². The topological polar surface area (TPSA) is 63.7 Å². The largest absolute Gasteiger partial charge is 0.465 e. The molecule has 5 rings (SSSR count). The maximum absolute atomic E-state index is 13.7. The minimum absolute atomic E-state index is 0.0427. The van der Waals surface area contributed by atoms with E-state index in [4.69, 9.17) is 4.74 Å². The van der Waals surface area contributed by atoms with E-state index in [1.165, 1.54) is 7.11 Å². The van der Waals surface area contributed by atoms with Crippen LogP contribution < -0.4 is 0 Å². The maximum Gasteiger partial charge on any atom is 0.337 e. The zero-order valence-corrected chi connectivity index (χ0v) is 19.4. The summed E-state index contributed by atoms with van der Waals surface area (Å²) in [6, 6.07) is 22.5. The van der Waals surface area contributed by atoms with E-state index in [2.05, 4.69) is 6.07 Å². The molecular formula is C27H25NO4S. The van der Waals surface area contributed by atoms with Gasteiger partial charge in [0.05, 0.1) is 23.3 Å². The van der Waals surface area contributed by atoms with Crippen LogP contribution in [0, 0.1) is 6.92 Å². The molecule has 0 N–H and O–H groups in total. The van der Waals surface area contributed by atoms with E-state index in [1.54, 1.807) is 28.6 Å². The molecule has 3 aromatic rings. The summed E-state index contributed by atoms with van der Waals surface area (Å²) in [5.74, 6) is -0.416. The van der Waals surface area contributed by atoms with Gasteiger partial charge in [-0.1, -0.05) is 54.1 Å². The summed E-state index contributed by atoms with van der Waals surface area (Å²) < 4.78 is 33.8. The molecule has 1 atom stereocenters. The molecule has 0 amide bonds. The van der Waals surface area contributed by atoms with Crippen molar-refractivity contribution in [3.63, 3.8) is 0 Å². The third-order valence-corrected chi connectivity index (χ3v) is 8.32. The lowest BCUT2D eigenvalue weighted by atomic mass is 9.86. The summed E-state index contributed by atoms with van der Waals surface area (Å²) in [4.78, 5) is 12.2. The predicted molar refractivity (Wildman–Crippen MR) is 127 cm³/mol. The minimum atomic E-state index is -3.69. The molecule has 1 heterocycles. The Morgan fingerprint density at radius 2 is 1.67 bits per heavy atom. The Balaban J connectivity index is 1.63. The van der Waals surface area contributed by atoms with Gasteiger partial charge in [0, 0.05) is 18.0 Å². The molecule has 0 radical (unpaired) electrons. The molecule has 33 heavy (non-hydrogen) atoms. The lowest BCUT2D eigenvalue weighted by molar-refractivity contribution is 0.0600. The summed E-state index contributed by atoms with van der Waals surface area (Å²) in [7, 11) is -2.32. The SMILES string of the molecule is COC(=O)c1ccc(C2C3=C(c4ccccc42)N(S(=O)(=O)c2ccc(C)cc2)CCC3)cc1. The van der Waals surface area contributed by atoms with Gasteiger partial charge >= 0.3 is 5.97 Å². The Morgan fingerprint density at radius 1 is 0.970 bits per heavy atom. The number of benzene rings is 3. The number of hydrogen-bond donors (Lipinski definition) is 0. The Bertz CT molecular complexity index is 1360. The summed E-state index contributed by atoms with van der Waals surface area (Å²) in [6.45, 7) is 2.40. The lowest BCUT2D eigenvalue weighted by Crippen LogP contribution is -2.33. The average Bonchev–Trinajstić information content (AvgIpc) is 3.18.